The predicted molar refractivity (Wildman–Crippen MR) is 105 cm³/mol. The van der Waals surface area contributed by atoms with Crippen LogP contribution < -0.4 is 0 Å². The number of benzene rings is 1. The maximum absolute atomic E-state index is 12.2. The summed E-state index contributed by atoms with van der Waals surface area (Å²) < 4.78 is 5.11. The molecule has 1 amide bonds. The molecule has 1 atom stereocenters. The van der Waals surface area contributed by atoms with Gasteiger partial charge in [0.2, 0.25) is 0 Å². The largest absolute Gasteiger partial charge is 0.452 e. The molecule has 4 nitrogen and oxygen atoms in total. The van der Waals surface area contributed by atoms with Gasteiger partial charge in [0.25, 0.3) is 5.91 Å². The Morgan fingerprint density at radius 3 is 2.77 bits per heavy atom. The van der Waals surface area contributed by atoms with Gasteiger partial charge in [0.15, 0.2) is 6.61 Å². The van der Waals surface area contributed by atoms with E-state index in [1.54, 1.807) is 17.4 Å². The average molecular weight is 369 g/mol. The van der Waals surface area contributed by atoms with Gasteiger partial charge in [-0.3, -0.25) is 4.79 Å². The molecule has 0 unspecified atom stereocenters. The minimum atomic E-state index is -0.488. The zero-order valence-electron chi connectivity index (χ0n) is 14.9. The zero-order chi connectivity index (χ0) is 18.4. The molecule has 1 aliphatic heterocycles. The number of esters is 1. The monoisotopic (exact) mass is 369 g/mol. The Morgan fingerprint density at radius 1 is 1.19 bits per heavy atom. The van der Waals surface area contributed by atoms with Gasteiger partial charge in [-0.1, -0.05) is 30.3 Å². The Morgan fingerprint density at radius 2 is 2.00 bits per heavy atom. The molecule has 2 heterocycles. The van der Waals surface area contributed by atoms with Crippen molar-refractivity contribution >= 4 is 29.3 Å². The summed E-state index contributed by atoms with van der Waals surface area (Å²) in [6.07, 6.45) is 6.30. The first kappa shape index (κ1) is 18.4. The van der Waals surface area contributed by atoms with Crippen LogP contribution in [0.2, 0.25) is 0 Å². The van der Waals surface area contributed by atoms with Crippen molar-refractivity contribution in [2.75, 3.05) is 13.2 Å². The summed E-state index contributed by atoms with van der Waals surface area (Å²) in [7, 11) is 0. The van der Waals surface area contributed by atoms with Crippen molar-refractivity contribution in [2.24, 2.45) is 0 Å². The molecule has 2 aromatic rings. The summed E-state index contributed by atoms with van der Waals surface area (Å²) in [4.78, 5) is 28.0. The van der Waals surface area contributed by atoms with E-state index in [9.17, 15) is 9.59 Å². The summed E-state index contributed by atoms with van der Waals surface area (Å²) in [6, 6.07) is 14.3. The Kier molecular flexibility index (Phi) is 6.23. The number of amides is 1. The van der Waals surface area contributed by atoms with E-state index < -0.39 is 5.97 Å². The van der Waals surface area contributed by atoms with E-state index >= 15 is 0 Å². The summed E-state index contributed by atoms with van der Waals surface area (Å²) in [5.41, 5.74) is 1.15. The lowest BCUT2D eigenvalue weighted by molar-refractivity contribution is -0.149. The quantitative estimate of drug-likeness (QED) is 0.581. The summed E-state index contributed by atoms with van der Waals surface area (Å²) in [5, 5.41) is 0. The summed E-state index contributed by atoms with van der Waals surface area (Å²) >= 11 is 1.61. The molecule has 0 saturated carbocycles. The standard InChI is InChI=1S/C21H23NO3S/c1-16-7-5-6-14-22(16)20(23)15-25-21(24)13-11-18-10-12-19(26-18)17-8-3-2-4-9-17/h2-4,8-13,16H,5-7,14-15H2,1H3/b13-11+/t16-/m1/s1. The van der Waals surface area contributed by atoms with Crippen LogP contribution in [0.3, 0.4) is 0 Å². The minimum Gasteiger partial charge on any atom is -0.452 e. The van der Waals surface area contributed by atoms with E-state index in [-0.39, 0.29) is 18.6 Å². The van der Waals surface area contributed by atoms with Crippen molar-refractivity contribution in [3.63, 3.8) is 0 Å². The number of likely N-dealkylation sites (tertiary alicyclic amines) is 1. The van der Waals surface area contributed by atoms with Crippen LogP contribution in [0, 0.1) is 0 Å². The topological polar surface area (TPSA) is 46.6 Å². The molecule has 1 aliphatic rings. The number of hydrogen-bond donors (Lipinski definition) is 0. The van der Waals surface area contributed by atoms with Crippen LogP contribution in [-0.4, -0.2) is 36.0 Å². The van der Waals surface area contributed by atoms with E-state index in [0.717, 1.165) is 41.1 Å². The fraction of sp³-hybridized carbons (Fsp3) is 0.333. The highest BCUT2D eigenvalue weighted by molar-refractivity contribution is 7.16. The van der Waals surface area contributed by atoms with Gasteiger partial charge in [0.05, 0.1) is 0 Å². The smallest absolute Gasteiger partial charge is 0.331 e. The first-order valence-corrected chi connectivity index (χ1v) is 9.75. The zero-order valence-corrected chi connectivity index (χ0v) is 15.7. The minimum absolute atomic E-state index is 0.110. The second kappa shape index (κ2) is 8.81. The Bertz CT molecular complexity index is 782. The lowest BCUT2D eigenvalue weighted by Crippen LogP contribution is -2.44. The van der Waals surface area contributed by atoms with Crippen LogP contribution in [0.4, 0.5) is 0 Å². The number of carbonyl (C=O) groups is 2. The van der Waals surface area contributed by atoms with Gasteiger partial charge in [-0.2, -0.15) is 0 Å². The first-order valence-electron chi connectivity index (χ1n) is 8.93. The third kappa shape index (κ3) is 4.82. The fourth-order valence-electron chi connectivity index (χ4n) is 3.08. The highest BCUT2D eigenvalue weighted by atomic mass is 32.1. The van der Waals surface area contributed by atoms with E-state index in [1.165, 1.54) is 6.08 Å². The second-order valence-corrected chi connectivity index (χ2v) is 7.56. The summed E-state index contributed by atoms with van der Waals surface area (Å²) in [6.45, 7) is 2.61. The molecule has 1 aromatic heterocycles. The van der Waals surface area contributed by atoms with Crippen molar-refractivity contribution in [3.8, 4) is 10.4 Å². The van der Waals surface area contributed by atoms with Crippen LogP contribution in [0.5, 0.6) is 0 Å². The molecule has 5 heteroatoms. The van der Waals surface area contributed by atoms with E-state index in [2.05, 4.69) is 12.1 Å². The Balaban J connectivity index is 1.50. The molecule has 26 heavy (non-hydrogen) atoms. The third-order valence-corrected chi connectivity index (χ3v) is 5.63. The highest BCUT2D eigenvalue weighted by Crippen LogP contribution is 2.28. The number of thiophene rings is 1. The molecule has 1 fully saturated rings. The molecule has 1 saturated heterocycles. The normalized spacial score (nSPS) is 17.4. The maximum Gasteiger partial charge on any atom is 0.331 e. The Labute approximate surface area is 158 Å². The van der Waals surface area contributed by atoms with Gasteiger partial charge in [-0.05, 0) is 50.0 Å². The fourth-order valence-corrected chi connectivity index (χ4v) is 4.00. The first-order chi connectivity index (χ1) is 12.6. The van der Waals surface area contributed by atoms with Crippen LogP contribution in [-0.2, 0) is 14.3 Å². The lowest BCUT2D eigenvalue weighted by atomic mass is 10.0. The van der Waals surface area contributed by atoms with Gasteiger partial charge in [-0.15, -0.1) is 11.3 Å². The van der Waals surface area contributed by atoms with Crippen molar-refractivity contribution in [2.45, 2.75) is 32.2 Å². The highest BCUT2D eigenvalue weighted by Gasteiger charge is 2.23. The molecule has 136 valence electrons. The van der Waals surface area contributed by atoms with Gasteiger partial charge in [0.1, 0.15) is 0 Å². The van der Waals surface area contributed by atoms with Crippen molar-refractivity contribution < 1.29 is 14.3 Å². The Hall–Kier alpha value is -2.40. The molecule has 0 spiro atoms. The van der Waals surface area contributed by atoms with Crippen molar-refractivity contribution in [3.05, 3.63) is 53.4 Å². The van der Waals surface area contributed by atoms with Gasteiger partial charge < -0.3 is 9.64 Å². The lowest BCUT2D eigenvalue weighted by Gasteiger charge is -2.33. The number of piperidine rings is 1. The third-order valence-electron chi connectivity index (χ3n) is 4.53. The maximum atomic E-state index is 12.2. The number of hydrogen-bond acceptors (Lipinski definition) is 4. The van der Waals surface area contributed by atoms with Crippen LogP contribution in [0.1, 0.15) is 31.1 Å². The van der Waals surface area contributed by atoms with Crippen molar-refractivity contribution in [1.82, 2.24) is 4.90 Å². The molecule has 0 aliphatic carbocycles. The molecular weight excluding hydrogens is 346 g/mol. The number of nitrogens with zero attached hydrogens (tertiary/aromatic N) is 1. The molecule has 0 bridgehead atoms. The molecule has 0 radical (unpaired) electrons. The van der Waals surface area contributed by atoms with Crippen molar-refractivity contribution in [1.29, 1.82) is 0 Å². The average Bonchev–Trinajstić information content (AvgIpc) is 3.14. The van der Waals surface area contributed by atoms with Gasteiger partial charge in [0, 0.05) is 28.4 Å². The summed E-state index contributed by atoms with van der Waals surface area (Å²) in [5.74, 6) is -0.598. The SMILES string of the molecule is C[C@@H]1CCCCN1C(=O)COC(=O)/C=C/c1ccc(-c2ccccc2)s1. The predicted octanol–water partition coefficient (Wildman–Crippen LogP) is 4.37. The van der Waals surface area contributed by atoms with Crippen LogP contribution in [0.25, 0.3) is 16.5 Å². The van der Waals surface area contributed by atoms with Gasteiger partial charge >= 0.3 is 5.97 Å². The van der Waals surface area contributed by atoms with Crippen LogP contribution >= 0.6 is 11.3 Å². The molecule has 1 aromatic carbocycles. The van der Waals surface area contributed by atoms with Gasteiger partial charge in [-0.25, -0.2) is 4.79 Å². The van der Waals surface area contributed by atoms with E-state index in [4.69, 9.17) is 4.74 Å². The molecule has 3 rings (SSSR count). The van der Waals surface area contributed by atoms with E-state index in [0.29, 0.717) is 0 Å². The van der Waals surface area contributed by atoms with E-state index in [1.807, 2.05) is 42.2 Å². The number of rotatable bonds is 5. The second-order valence-electron chi connectivity index (χ2n) is 6.44. The van der Waals surface area contributed by atoms with Crippen LogP contribution in [0.15, 0.2) is 48.5 Å². The molecule has 0 N–H and O–H groups in total. The molecular formula is C21H23NO3S. The number of ether oxygens (including phenoxy) is 1. The number of carbonyl (C=O) groups excluding carboxylic acids is 2.